The summed E-state index contributed by atoms with van der Waals surface area (Å²) in [5, 5.41) is 5.05. The summed E-state index contributed by atoms with van der Waals surface area (Å²) >= 11 is 0. The van der Waals surface area contributed by atoms with E-state index in [1.54, 1.807) is 24.3 Å². The molecule has 0 aliphatic carbocycles. The minimum Gasteiger partial charge on any atom is -0.398 e. The lowest BCUT2D eigenvalue weighted by Crippen LogP contribution is -2.39. The maximum atomic E-state index is 12.1. The number of hydrogen-bond acceptors (Lipinski definition) is 3. The SMILES string of the molecule is Cc1cccc(C(C)C)c1CNC(=O)NC(=O)c1ccccc1N. The standard InChI is InChI=1S/C19H23N3O2/c1-12(2)14-9-6-7-13(3)16(14)11-21-19(24)22-18(23)15-8-4-5-10-17(15)20/h4-10,12H,11,20H2,1-3H3,(H2,21,22,23,24). The Hall–Kier alpha value is -2.82. The largest absolute Gasteiger partial charge is 0.398 e. The second-order valence-electron chi connectivity index (χ2n) is 6.02. The van der Waals surface area contributed by atoms with Gasteiger partial charge in [-0.05, 0) is 41.7 Å². The second-order valence-corrected chi connectivity index (χ2v) is 6.02. The zero-order valence-corrected chi connectivity index (χ0v) is 14.2. The maximum Gasteiger partial charge on any atom is 0.321 e. The third kappa shape index (κ3) is 4.13. The average Bonchev–Trinajstić information content (AvgIpc) is 2.53. The molecule has 0 radical (unpaired) electrons. The number of nitrogen functional groups attached to an aromatic ring is 1. The lowest BCUT2D eigenvalue weighted by Gasteiger charge is -2.16. The molecule has 0 saturated carbocycles. The Labute approximate surface area is 142 Å². The highest BCUT2D eigenvalue weighted by Crippen LogP contribution is 2.22. The fourth-order valence-corrected chi connectivity index (χ4v) is 2.59. The number of aryl methyl sites for hydroxylation is 1. The Morgan fingerprint density at radius 2 is 1.79 bits per heavy atom. The number of benzene rings is 2. The predicted molar refractivity (Wildman–Crippen MR) is 95.8 cm³/mol. The van der Waals surface area contributed by atoms with E-state index in [0.717, 1.165) is 11.1 Å². The van der Waals surface area contributed by atoms with Crippen molar-refractivity contribution in [1.82, 2.24) is 10.6 Å². The first-order valence-electron chi connectivity index (χ1n) is 7.92. The molecule has 4 N–H and O–H groups in total. The van der Waals surface area contributed by atoms with Crippen LogP contribution < -0.4 is 16.4 Å². The maximum absolute atomic E-state index is 12.1. The van der Waals surface area contributed by atoms with Crippen molar-refractivity contribution in [2.24, 2.45) is 0 Å². The van der Waals surface area contributed by atoms with Gasteiger partial charge in [-0.2, -0.15) is 0 Å². The topological polar surface area (TPSA) is 84.2 Å². The zero-order valence-electron chi connectivity index (χ0n) is 14.2. The molecule has 5 nitrogen and oxygen atoms in total. The molecule has 0 spiro atoms. The number of rotatable bonds is 4. The first-order valence-corrected chi connectivity index (χ1v) is 7.92. The van der Waals surface area contributed by atoms with Crippen molar-refractivity contribution >= 4 is 17.6 Å². The summed E-state index contributed by atoms with van der Waals surface area (Å²) in [6.07, 6.45) is 0. The van der Waals surface area contributed by atoms with E-state index in [0.29, 0.717) is 18.2 Å². The van der Waals surface area contributed by atoms with Crippen LogP contribution in [0, 0.1) is 6.92 Å². The highest BCUT2D eigenvalue weighted by atomic mass is 16.2. The lowest BCUT2D eigenvalue weighted by molar-refractivity contribution is 0.0965. The minimum absolute atomic E-state index is 0.284. The molecule has 3 amide bonds. The molecule has 0 fully saturated rings. The molecule has 2 aromatic rings. The van der Waals surface area contributed by atoms with E-state index >= 15 is 0 Å². The van der Waals surface area contributed by atoms with Crippen LogP contribution in [0.5, 0.6) is 0 Å². The number of nitrogens with one attached hydrogen (secondary N) is 2. The van der Waals surface area contributed by atoms with Crippen molar-refractivity contribution in [2.75, 3.05) is 5.73 Å². The van der Waals surface area contributed by atoms with Gasteiger partial charge in [0.05, 0.1) is 5.56 Å². The Morgan fingerprint density at radius 1 is 1.08 bits per heavy atom. The van der Waals surface area contributed by atoms with Gasteiger partial charge >= 0.3 is 6.03 Å². The van der Waals surface area contributed by atoms with Crippen molar-refractivity contribution < 1.29 is 9.59 Å². The van der Waals surface area contributed by atoms with Crippen LogP contribution >= 0.6 is 0 Å². The number of urea groups is 1. The van der Waals surface area contributed by atoms with Gasteiger partial charge in [0.15, 0.2) is 0 Å². The summed E-state index contributed by atoms with van der Waals surface area (Å²) in [4.78, 5) is 24.1. The van der Waals surface area contributed by atoms with E-state index in [4.69, 9.17) is 5.73 Å². The van der Waals surface area contributed by atoms with Gasteiger partial charge in [0.25, 0.3) is 5.91 Å². The summed E-state index contributed by atoms with van der Waals surface area (Å²) in [5.41, 5.74) is 9.74. The number of hydrogen-bond donors (Lipinski definition) is 3. The van der Waals surface area contributed by atoms with Crippen LogP contribution in [0.2, 0.25) is 0 Å². The van der Waals surface area contributed by atoms with Crippen molar-refractivity contribution in [3.63, 3.8) is 0 Å². The molecule has 5 heteroatoms. The molecule has 0 bridgehead atoms. The molecule has 24 heavy (non-hydrogen) atoms. The monoisotopic (exact) mass is 325 g/mol. The third-order valence-corrected chi connectivity index (χ3v) is 3.93. The highest BCUT2D eigenvalue weighted by Gasteiger charge is 2.14. The Bertz CT molecular complexity index is 754. The molecule has 0 aliphatic rings. The van der Waals surface area contributed by atoms with Gasteiger partial charge in [-0.15, -0.1) is 0 Å². The number of para-hydroxylation sites is 1. The molecule has 0 heterocycles. The molecule has 0 unspecified atom stereocenters. The normalized spacial score (nSPS) is 10.5. The summed E-state index contributed by atoms with van der Waals surface area (Å²) in [5.74, 6) is -0.157. The van der Waals surface area contributed by atoms with Crippen LogP contribution in [0.25, 0.3) is 0 Å². The van der Waals surface area contributed by atoms with E-state index in [1.165, 1.54) is 5.56 Å². The van der Waals surface area contributed by atoms with Gasteiger partial charge < -0.3 is 11.1 Å². The van der Waals surface area contributed by atoms with Gasteiger partial charge in [0.1, 0.15) is 0 Å². The van der Waals surface area contributed by atoms with E-state index in [1.807, 2.05) is 19.1 Å². The van der Waals surface area contributed by atoms with Crippen LogP contribution in [-0.4, -0.2) is 11.9 Å². The Morgan fingerprint density at radius 3 is 2.46 bits per heavy atom. The fraction of sp³-hybridized carbons (Fsp3) is 0.263. The highest BCUT2D eigenvalue weighted by molar-refractivity contribution is 6.07. The van der Waals surface area contributed by atoms with Crippen LogP contribution in [0.3, 0.4) is 0 Å². The smallest absolute Gasteiger partial charge is 0.321 e. The molecular weight excluding hydrogens is 302 g/mol. The van der Waals surface area contributed by atoms with Crippen molar-refractivity contribution in [2.45, 2.75) is 33.2 Å². The lowest BCUT2D eigenvalue weighted by atomic mass is 9.94. The molecular formula is C19H23N3O2. The van der Waals surface area contributed by atoms with Gasteiger partial charge in [0.2, 0.25) is 0 Å². The van der Waals surface area contributed by atoms with Gasteiger partial charge in [0, 0.05) is 12.2 Å². The second kappa shape index (κ2) is 7.64. The Balaban J connectivity index is 2.02. The van der Waals surface area contributed by atoms with Gasteiger partial charge in [-0.3, -0.25) is 10.1 Å². The minimum atomic E-state index is -0.541. The average molecular weight is 325 g/mol. The molecule has 2 rings (SSSR count). The fourth-order valence-electron chi connectivity index (χ4n) is 2.59. The molecule has 126 valence electrons. The van der Waals surface area contributed by atoms with Crippen LogP contribution in [-0.2, 0) is 6.54 Å². The number of amides is 3. The van der Waals surface area contributed by atoms with Crippen molar-refractivity contribution in [3.05, 3.63) is 64.7 Å². The van der Waals surface area contributed by atoms with Gasteiger partial charge in [-0.1, -0.05) is 44.2 Å². The summed E-state index contributed by atoms with van der Waals surface area (Å²) in [7, 11) is 0. The molecule has 0 aliphatic heterocycles. The van der Waals surface area contributed by atoms with Gasteiger partial charge in [-0.25, -0.2) is 4.79 Å². The van der Waals surface area contributed by atoms with Crippen LogP contribution in [0.4, 0.5) is 10.5 Å². The van der Waals surface area contributed by atoms with E-state index in [-0.39, 0.29) is 5.56 Å². The molecule has 0 aromatic heterocycles. The molecule has 0 atom stereocenters. The first kappa shape index (κ1) is 17.5. The number of carbonyl (C=O) groups is 2. The number of nitrogens with two attached hydrogens (primary N) is 1. The molecule has 0 saturated heterocycles. The Kier molecular flexibility index (Phi) is 5.58. The van der Waals surface area contributed by atoms with E-state index < -0.39 is 11.9 Å². The third-order valence-electron chi connectivity index (χ3n) is 3.93. The molecule has 2 aromatic carbocycles. The predicted octanol–water partition coefficient (Wildman–Crippen LogP) is 3.34. The first-order chi connectivity index (χ1) is 11.4. The quantitative estimate of drug-likeness (QED) is 0.754. The van der Waals surface area contributed by atoms with E-state index in [9.17, 15) is 9.59 Å². The zero-order chi connectivity index (χ0) is 17.7. The van der Waals surface area contributed by atoms with Crippen molar-refractivity contribution in [3.8, 4) is 0 Å². The number of anilines is 1. The van der Waals surface area contributed by atoms with Crippen LogP contribution in [0.15, 0.2) is 42.5 Å². The van der Waals surface area contributed by atoms with Crippen LogP contribution in [0.1, 0.15) is 46.8 Å². The number of imide groups is 1. The summed E-state index contributed by atoms with van der Waals surface area (Å²) in [6, 6.07) is 12.2. The summed E-state index contributed by atoms with van der Waals surface area (Å²) in [6.45, 7) is 6.60. The number of carbonyl (C=O) groups excluding carboxylic acids is 2. The summed E-state index contributed by atoms with van der Waals surface area (Å²) < 4.78 is 0. The van der Waals surface area contributed by atoms with E-state index in [2.05, 4.69) is 30.5 Å². The van der Waals surface area contributed by atoms with Crippen molar-refractivity contribution in [1.29, 1.82) is 0 Å².